The summed E-state index contributed by atoms with van der Waals surface area (Å²) in [5.74, 6) is 0.355. The van der Waals surface area contributed by atoms with Gasteiger partial charge in [0.25, 0.3) is 5.91 Å². The lowest BCUT2D eigenvalue weighted by atomic mass is 9.72. The third kappa shape index (κ3) is 3.88. The lowest BCUT2D eigenvalue weighted by Gasteiger charge is -2.41. The number of fused-ring (bicyclic) bond motifs is 1. The number of piperidine rings is 1. The number of nitrogens with zero attached hydrogens (tertiary/aromatic N) is 4. The first-order chi connectivity index (χ1) is 14.8. The lowest BCUT2D eigenvalue weighted by molar-refractivity contribution is 0.0567. The minimum atomic E-state index is -0.486. The number of urea groups is 1. The van der Waals surface area contributed by atoms with Crippen molar-refractivity contribution in [1.82, 2.24) is 25.3 Å². The fourth-order valence-corrected chi connectivity index (χ4v) is 4.62. The van der Waals surface area contributed by atoms with Crippen molar-refractivity contribution in [2.75, 3.05) is 32.7 Å². The first kappa shape index (κ1) is 21.3. The SMILES string of the molecule is CCCNC(=O)N1C[C@@H]2CN(C(=O)c3ccc(C)c(F)c3)CC[C@]2(c2nnc(C)o2)C1. The molecule has 0 bridgehead atoms. The second kappa shape index (κ2) is 8.28. The van der Waals surface area contributed by atoms with Gasteiger partial charge in [0, 0.05) is 51.1 Å². The topological polar surface area (TPSA) is 91.6 Å². The van der Waals surface area contributed by atoms with Crippen LogP contribution in [0, 0.1) is 25.6 Å². The molecular formula is C22H28FN5O3. The molecule has 0 spiro atoms. The minimum Gasteiger partial charge on any atom is -0.425 e. The average Bonchev–Trinajstić information content (AvgIpc) is 3.37. The van der Waals surface area contributed by atoms with Gasteiger partial charge in [-0.1, -0.05) is 13.0 Å². The van der Waals surface area contributed by atoms with Crippen LogP contribution in [0.2, 0.25) is 0 Å². The highest BCUT2D eigenvalue weighted by molar-refractivity contribution is 5.94. The molecule has 1 aromatic heterocycles. The first-order valence-electron chi connectivity index (χ1n) is 10.7. The average molecular weight is 429 g/mol. The smallest absolute Gasteiger partial charge is 0.317 e. The molecule has 2 atom stereocenters. The molecule has 9 heteroatoms. The van der Waals surface area contributed by atoms with Crippen LogP contribution in [-0.4, -0.2) is 64.7 Å². The first-order valence-corrected chi connectivity index (χ1v) is 10.7. The molecule has 2 aliphatic rings. The van der Waals surface area contributed by atoms with Crippen molar-refractivity contribution >= 4 is 11.9 Å². The van der Waals surface area contributed by atoms with E-state index in [1.54, 1.807) is 35.8 Å². The Labute approximate surface area is 180 Å². The molecule has 4 rings (SSSR count). The molecule has 3 amide bonds. The third-order valence-electron chi connectivity index (χ3n) is 6.44. The summed E-state index contributed by atoms with van der Waals surface area (Å²) in [6, 6.07) is 4.45. The molecule has 3 heterocycles. The number of aryl methyl sites for hydroxylation is 2. The van der Waals surface area contributed by atoms with E-state index in [-0.39, 0.29) is 17.9 Å². The van der Waals surface area contributed by atoms with Crippen LogP contribution in [0.3, 0.4) is 0 Å². The van der Waals surface area contributed by atoms with E-state index >= 15 is 0 Å². The number of halogens is 1. The van der Waals surface area contributed by atoms with E-state index in [0.29, 0.717) is 62.1 Å². The summed E-state index contributed by atoms with van der Waals surface area (Å²) in [7, 11) is 0. The maximum absolute atomic E-state index is 14.0. The summed E-state index contributed by atoms with van der Waals surface area (Å²) in [5.41, 5.74) is 0.352. The zero-order chi connectivity index (χ0) is 22.2. The fourth-order valence-electron chi connectivity index (χ4n) is 4.62. The molecule has 0 radical (unpaired) electrons. The van der Waals surface area contributed by atoms with Crippen molar-refractivity contribution in [3.05, 3.63) is 46.9 Å². The van der Waals surface area contributed by atoms with Crippen LogP contribution in [0.1, 0.15) is 47.5 Å². The van der Waals surface area contributed by atoms with Crippen LogP contribution in [0.15, 0.2) is 22.6 Å². The molecule has 8 nitrogen and oxygen atoms in total. The number of rotatable bonds is 4. The summed E-state index contributed by atoms with van der Waals surface area (Å²) in [4.78, 5) is 29.2. The molecule has 2 aromatic rings. The third-order valence-corrected chi connectivity index (χ3v) is 6.44. The van der Waals surface area contributed by atoms with Gasteiger partial charge in [0.05, 0.1) is 5.41 Å². The second-order valence-corrected chi connectivity index (χ2v) is 8.56. The van der Waals surface area contributed by atoms with Crippen molar-refractivity contribution in [3.63, 3.8) is 0 Å². The Morgan fingerprint density at radius 2 is 2.03 bits per heavy atom. The molecular weight excluding hydrogens is 401 g/mol. The van der Waals surface area contributed by atoms with Crippen LogP contribution in [0.4, 0.5) is 9.18 Å². The van der Waals surface area contributed by atoms with E-state index in [1.165, 1.54) is 6.07 Å². The molecule has 0 unspecified atom stereocenters. The zero-order valence-electron chi connectivity index (χ0n) is 18.2. The Hall–Kier alpha value is -2.97. The van der Waals surface area contributed by atoms with Gasteiger partial charge in [0.15, 0.2) is 0 Å². The number of carbonyl (C=O) groups excluding carboxylic acids is 2. The van der Waals surface area contributed by atoms with Crippen molar-refractivity contribution in [2.24, 2.45) is 5.92 Å². The number of nitrogens with one attached hydrogen (secondary N) is 1. The highest BCUT2D eigenvalue weighted by Gasteiger charge is 2.55. The standard InChI is InChI=1S/C22H28FN5O3/c1-4-8-24-21(30)28-12-17-11-27(19(29)16-6-5-14(2)18(23)10-16)9-7-22(17,13-28)20-26-25-15(3)31-20/h5-6,10,17H,4,7-9,11-13H2,1-3H3,(H,24,30)/t17-,22-/m0/s1. The Balaban J connectivity index is 1.58. The monoisotopic (exact) mass is 429 g/mol. The molecule has 1 N–H and O–H groups in total. The van der Waals surface area contributed by atoms with Gasteiger partial charge in [-0.05, 0) is 37.5 Å². The van der Waals surface area contributed by atoms with Gasteiger partial charge in [0.1, 0.15) is 5.82 Å². The van der Waals surface area contributed by atoms with Gasteiger partial charge < -0.3 is 19.5 Å². The molecule has 0 saturated carbocycles. The zero-order valence-corrected chi connectivity index (χ0v) is 18.2. The molecule has 0 aliphatic carbocycles. The van der Waals surface area contributed by atoms with Gasteiger partial charge in [-0.2, -0.15) is 0 Å². The van der Waals surface area contributed by atoms with Crippen molar-refractivity contribution in [2.45, 2.75) is 39.0 Å². The number of hydrogen-bond acceptors (Lipinski definition) is 5. The van der Waals surface area contributed by atoms with Crippen LogP contribution < -0.4 is 5.32 Å². The van der Waals surface area contributed by atoms with E-state index in [2.05, 4.69) is 15.5 Å². The Morgan fingerprint density at radius 3 is 2.71 bits per heavy atom. The van der Waals surface area contributed by atoms with Crippen LogP contribution >= 0.6 is 0 Å². The maximum Gasteiger partial charge on any atom is 0.317 e. The summed E-state index contributed by atoms with van der Waals surface area (Å²) in [6.45, 7) is 7.89. The number of likely N-dealkylation sites (tertiary alicyclic amines) is 2. The second-order valence-electron chi connectivity index (χ2n) is 8.56. The summed E-state index contributed by atoms with van der Waals surface area (Å²) >= 11 is 0. The molecule has 166 valence electrons. The van der Waals surface area contributed by atoms with Gasteiger partial charge >= 0.3 is 6.03 Å². The normalized spacial score (nSPS) is 23.0. The summed E-state index contributed by atoms with van der Waals surface area (Å²) in [5, 5.41) is 11.2. The summed E-state index contributed by atoms with van der Waals surface area (Å²) in [6.07, 6.45) is 1.45. The highest BCUT2D eigenvalue weighted by atomic mass is 19.1. The van der Waals surface area contributed by atoms with Crippen molar-refractivity contribution in [1.29, 1.82) is 0 Å². The van der Waals surface area contributed by atoms with E-state index in [9.17, 15) is 14.0 Å². The number of benzene rings is 1. The number of hydrogen-bond donors (Lipinski definition) is 1. The van der Waals surface area contributed by atoms with Gasteiger partial charge in [-0.15, -0.1) is 10.2 Å². The Bertz CT molecular complexity index is 993. The van der Waals surface area contributed by atoms with Crippen molar-refractivity contribution in [3.8, 4) is 0 Å². The van der Waals surface area contributed by atoms with Crippen LogP contribution in [0.5, 0.6) is 0 Å². The molecule has 2 saturated heterocycles. The molecule has 2 aliphatic heterocycles. The van der Waals surface area contributed by atoms with Gasteiger partial charge in [0.2, 0.25) is 11.8 Å². The maximum atomic E-state index is 14.0. The van der Waals surface area contributed by atoms with E-state index in [0.717, 1.165) is 6.42 Å². The van der Waals surface area contributed by atoms with E-state index in [4.69, 9.17) is 4.42 Å². The predicted octanol–water partition coefficient (Wildman–Crippen LogP) is 2.66. The molecule has 2 fully saturated rings. The molecule has 31 heavy (non-hydrogen) atoms. The molecule has 1 aromatic carbocycles. The number of aromatic nitrogens is 2. The van der Waals surface area contributed by atoms with Gasteiger partial charge in [-0.25, -0.2) is 9.18 Å². The van der Waals surface area contributed by atoms with Crippen LogP contribution in [0.25, 0.3) is 0 Å². The minimum absolute atomic E-state index is 0.0484. The predicted molar refractivity (Wildman–Crippen MR) is 111 cm³/mol. The number of carbonyl (C=O) groups is 2. The van der Waals surface area contributed by atoms with E-state index in [1.807, 2.05) is 6.92 Å². The lowest BCUT2D eigenvalue weighted by Crippen LogP contribution is -2.51. The summed E-state index contributed by atoms with van der Waals surface area (Å²) < 4.78 is 19.8. The largest absolute Gasteiger partial charge is 0.425 e. The quantitative estimate of drug-likeness (QED) is 0.807. The Kier molecular flexibility index (Phi) is 5.68. The number of amides is 3. The van der Waals surface area contributed by atoms with Crippen LogP contribution in [-0.2, 0) is 5.41 Å². The fraction of sp³-hybridized carbons (Fsp3) is 0.545. The Morgan fingerprint density at radius 1 is 1.26 bits per heavy atom. The van der Waals surface area contributed by atoms with Gasteiger partial charge in [-0.3, -0.25) is 4.79 Å². The van der Waals surface area contributed by atoms with Crippen molar-refractivity contribution < 1.29 is 18.4 Å². The highest BCUT2D eigenvalue weighted by Crippen LogP contribution is 2.45. The van der Waals surface area contributed by atoms with E-state index < -0.39 is 11.2 Å².